The fourth-order valence-electron chi connectivity index (χ4n) is 3.68. The summed E-state index contributed by atoms with van der Waals surface area (Å²) in [6.45, 7) is 2.83. The van der Waals surface area contributed by atoms with Crippen LogP contribution in [-0.4, -0.2) is 25.2 Å². The van der Waals surface area contributed by atoms with E-state index in [1.54, 1.807) is 44.2 Å². The summed E-state index contributed by atoms with van der Waals surface area (Å²) in [7, 11) is 0. The summed E-state index contributed by atoms with van der Waals surface area (Å²) in [4.78, 5) is 28.7. The average Bonchev–Trinajstić information content (AvgIpc) is 3.11. The van der Waals surface area contributed by atoms with Crippen LogP contribution in [-0.2, 0) is 24.1 Å². The van der Waals surface area contributed by atoms with E-state index in [9.17, 15) is 22.8 Å². The van der Waals surface area contributed by atoms with Crippen LogP contribution in [0.2, 0.25) is 0 Å². The number of carbonyl (C=O) groups is 1. The summed E-state index contributed by atoms with van der Waals surface area (Å²) < 4.78 is 43.9. The molecule has 0 saturated carbocycles. The van der Waals surface area contributed by atoms with Gasteiger partial charge in [0.25, 0.3) is 5.56 Å². The van der Waals surface area contributed by atoms with Crippen molar-refractivity contribution >= 4 is 16.9 Å². The number of halogens is 3. The molecular weight excluding hydrogens is 435 g/mol. The van der Waals surface area contributed by atoms with E-state index in [2.05, 4.69) is 15.4 Å². The van der Waals surface area contributed by atoms with E-state index in [4.69, 9.17) is 0 Å². The lowest BCUT2D eigenvalue weighted by molar-refractivity contribution is -0.138. The van der Waals surface area contributed by atoms with Gasteiger partial charge < -0.3 is 5.32 Å². The molecule has 10 heteroatoms. The van der Waals surface area contributed by atoms with Crippen LogP contribution in [0.5, 0.6) is 0 Å². The zero-order valence-electron chi connectivity index (χ0n) is 17.8. The number of carbonyl (C=O) groups excluding carboxylic acids is 1. The largest absolute Gasteiger partial charge is 0.416 e. The molecule has 0 bridgehead atoms. The third-order valence-electron chi connectivity index (χ3n) is 5.18. The van der Waals surface area contributed by atoms with Crippen LogP contribution in [0.1, 0.15) is 22.5 Å². The summed E-state index contributed by atoms with van der Waals surface area (Å²) in [5, 5.41) is 6.71. The zero-order chi connectivity index (χ0) is 23.8. The third kappa shape index (κ3) is 4.64. The van der Waals surface area contributed by atoms with Crippen molar-refractivity contribution in [2.24, 2.45) is 0 Å². The van der Waals surface area contributed by atoms with Crippen LogP contribution in [0.15, 0.2) is 59.5 Å². The molecule has 0 fully saturated rings. The summed E-state index contributed by atoms with van der Waals surface area (Å²) in [5.74, 6) is -0.593. The number of benzene rings is 2. The number of rotatable bonds is 5. The topological polar surface area (TPSA) is 81.8 Å². The lowest BCUT2D eigenvalue weighted by Crippen LogP contribution is -2.32. The number of hydrogen-bond acceptors (Lipinski definition) is 4. The Hall–Kier alpha value is -3.95. The van der Waals surface area contributed by atoms with E-state index >= 15 is 0 Å². The molecule has 0 unspecified atom stereocenters. The van der Waals surface area contributed by atoms with E-state index in [1.807, 2.05) is 0 Å². The SMILES string of the molecule is Cc1cc(C)n(-c2ccc(CNC(=O)Cn3c(=O)cnc4ccccc43)c(C(F)(F)F)c2)n1. The van der Waals surface area contributed by atoms with E-state index in [-0.39, 0.29) is 24.3 Å². The summed E-state index contributed by atoms with van der Waals surface area (Å²) >= 11 is 0. The first kappa shape index (κ1) is 22.3. The molecule has 4 aromatic rings. The number of nitrogens with one attached hydrogen (secondary N) is 1. The van der Waals surface area contributed by atoms with Gasteiger partial charge in [0.15, 0.2) is 0 Å². The van der Waals surface area contributed by atoms with Gasteiger partial charge in [0.05, 0.1) is 34.2 Å². The maximum Gasteiger partial charge on any atom is 0.416 e. The maximum atomic E-state index is 13.8. The minimum Gasteiger partial charge on any atom is -0.350 e. The molecule has 7 nitrogen and oxygen atoms in total. The second-order valence-corrected chi connectivity index (χ2v) is 7.63. The molecule has 1 amide bonds. The van der Waals surface area contributed by atoms with Gasteiger partial charge in [-0.1, -0.05) is 18.2 Å². The maximum absolute atomic E-state index is 13.8. The van der Waals surface area contributed by atoms with Crippen molar-refractivity contribution < 1.29 is 18.0 Å². The lowest BCUT2D eigenvalue weighted by Gasteiger charge is -2.16. The van der Waals surface area contributed by atoms with Crippen molar-refractivity contribution in [2.45, 2.75) is 33.1 Å². The number of fused-ring (bicyclic) bond motifs is 1. The molecule has 4 rings (SSSR count). The predicted octanol–water partition coefficient (Wildman–Crippen LogP) is 3.53. The van der Waals surface area contributed by atoms with Crippen LogP contribution in [0.3, 0.4) is 0 Å². The fraction of sp³-hybridized carbons (Fsp3) is 0.217. The molecule has 1 N–H and O–H groups in total. The van der Waals surface area contributed by atoms with Gasteiger partial charge in [0, 0.05) is 12.2 Å². The number of nitrogens with zero attached hydrogens (tertiary/aromatic N) is 4. The third-order valence-corrected chi connectivity index (χ3v) is 5.18. The van der Waals surface area contributed by atoms with Crippen molar-refractivity contribution in [3.63, 3.8) is 0 Å². The lowest BCUT2D eigenvalue weighted by atomic mass is 10.1. The summed E-state index contributed by atoms with van der Waals surface area (Å²) in [6.07, 6.45) is -3.51. The molecule has 0 radical (unpaired) electrons. The molecule has 0 aliphatic heterocycles. The van der Waals surface area contributed by atoms with Gasteiger partial charge >= 0.3 is 6.18 Å². The van der Waals surface area contributed by atoms with Gasteiger partial charge in [-0.25, -0.2) is 9.67 Å². The number of alkyl halides is 3. The first-order valence-electron chi connectivity index (χ1n) is 10.1. The Kier molecular flexibility index (Phi) is 5.75. The van der Waals surface area contributed by atoms with Crippen molar-refractivity contribution in [1.82, 2.24) is 24.6 Å². The van der Waals surface area contributed by atoms with Gasteiger partial charge in [-0.2, -0.15) is 18.3 Å². The van der Waals surface area contributed by atoms with Crippen LogP contribution < -0.4 is 10.9 Å². The van der Waals surface area contributed by atoms with Crippen LogP contribution >= 0.6 is 0 Å². The Morgan fingerprint density at radius 2 is 1.85 bits per heavy atom. The van der Waals surface area contributed by atoms with E-state index in [1.165, 1.54) is 21.4 Å². The minimum absolute atomic E-state index is 0.0898. The number of aromatic nitrogens is 4. The van der Waals surface area contributed by atoms with Crippen molar-refractivity contribution in [3.8, 4) is 5.69 Å². The van der Waals surface area contributed by atoms with Crippen LogP contribution in [0, 0.1) is 13.8 Å². The Morgan fingerprint density at radius 1 is 1.09 bits per heavy atom. The Bertz CT molecular complexity index is 1410. The molecule has 170 valence electrons. The highest BCUT2D eigenvalue weighted by molar-refractivity contribution is 5.80. The van der Waals surface area contributed by atoms with Gasteiger partial charge in [-0.05, 0) is 49.7 Å². The number of hydrogen-bond donors (Lipinski definition) is 1. The Labute approximate surface area is 186 Å². The van der Waals surface area contributed by atoms with Crippen molar-refractivity contribution in [1.29, 1.82) is 0 Å². The highest BCUT2D eigenvalue weighted by Crippen LogP contribution is 2.33. The van der Waals surface area contributed by atoms with Crippen LogP contribution in [0.4, 0.5) is 13.2 Å². The average molecular weight is 455 g/mol. The number of amides is 1. The highest BCUT2D eigenvalue weighted by Gasteiger charge is 2.34. The van der Waals surface area contributed by atoms with Crippen molar-refractivity contribution in [2.75, 3.05) is 0 Å². The van der Waals surface area contributed by atoms with E-state index in [0.29, 0.717) is 22.4 Å². The molecule has 0 atom stereocenters. The first-order valence-corrected chi connectivity index (χ1v) is 10.1. The van der Waals surface area contributed by atoms with Gasteiger partial charge in [0.2, 0.25) is 5.91 Å². The van der Waals surface area contributed by atoms with Crippen LogP contribution in [0.25, 0.3) is 16.7 Å². The van der Waals surface area contributed by atoms with Gasteiger partial charge in [0.1, 0.15) is 6.54 Å². The highest BCUT2D eigenvalue weighted by atomic mass is 19.4. The standard InChI is InChI=1S/C23H20F3N5O2/c1-14-9-15(2)31(29-14)17-8-7-16(18(10-17)23(24,25)26)11-28-21(32)13-30-20-6-4-3-5-19(20)27-12-22(30)33/h3-10,12H,11,13H2,1-2H3,(H,28,32). The van der Waals surface area contributed by atoms with Crippen molar-refractivity contribution in [3.05, 3.63) is 87.6 Å². The minimum atomic E-state index is -4.62. The summed E-state index contributed by atoms with van der Waals surface area (Å²) in [6, 6.07) is 12.4. The van der Waals surface area contributed by atoms with Gasteiger partial charge in [-0.15, -0.1) is 0 Å². The molecule has 0 aliphatic carbocycles. The normalized spacial score (nSPS) is 11.7. The predicted molar refractivity (Wildman–Crippen MR) is 116 cm³/mol. The number of para-hydroxylation sites is 2. The second kappa shape index (κ2) is 8.53. The monoisotopic (exact) mass is 455 g/mol. The summed E-state index contributed by atoms with van der Waals surface area (Å²) in [5.41, 5.74) is 1.24. The fourth-order valence-corrected chi connectivity index (χ4v) is 3.68. The zero-order valence-corrected chi connectivity index (χ0v) is 17.8. The quantitative estimate of drug-likeness (QED) is 0.499. The second-order valence-electron chi connectivity index (χ2n) is 7.63. The Balaban J connectivity index is 1.57. The van der Waals surface area contributed by atoms with E-state index in [0.717, 1.165) is 12.3 Å². The molecule has 2 aromatic carbocycles. The molecule has 0 spiro atoms. The smallest absolute Gasteiger partial charge is 0.350 e. The first-order chi connectivity index (χ1) is 15.6. The molecule has 0 saturated heterocycles. The molecule has 2 heterocycles. The molecule has 33 heavy (non-hydrogen) atoms. The number of aryl methyl sites for hydroxylation is 2. The molecule has 0 aliphatic rings. The van der Waals surface area contributed by atoms with E-state index < -0.39 is 23.2 Å². The molecular formula is C23H20F3N5O2. The Morgan fingerprint density at radius 3 is 2.55 bits per heavy atom. The van der Waals surface area contributed by atoms with Gasteiger partial charge in [-0.3, -0.25) is 14.2 Å². The molecule has 2 aromatic heterocycles.